The van der Waals surface area contributed by atoms with Crippen LogP contribution in [0.2, 0.25) is 0 Å². The zero-order chi connectivity index (χ0) is 18.2. The maximum Gasteiger partial charge on any atom is 0.325 e. The van der Waals surface area contributed by atoms with Crippen molar-refractivity contribution in [2.75, 3.05) is 6.54 Å². The normalized spacial score (nSPS) is 11.6. The molecule has 0 bridgehead atoms. The summed E-state index contributed by atoms with van der Waals surface area (Å²) in [6.45, 7) is 1.07. The molecule has 3 N–H and O–H groups in total. The molecular formula is C19H20N2O4. The maximum atomic E-state index is 12.7. The van der Waals surface area contributed by atoms with E-state index in [9.17, 15) is 14.4 Å². The fourth-order valence-corrected chi connectivity index (χ4v) is 2.41. The molecule has 0 aliphatic carbocycles. The highest BCUT2D eigenvalue weighted by molar-refractivity contribution is 5.91. The number of carboxylic acid groups (broad SMARTS) is 1. The fraction of sp³-hybridized carbons (Fsp3) is 0.211. The molecule has 0 heterocycles. The van der Waals surface area contributed by atoms with E-state index in [0.29, 0.717) is 0 Å². The van der Waals surface area contributed by atoms with Crippen LogP contribution in [-0.4, -0.2) is 35.5 Å². The number of hydrogen-bond acceptors (Lipinski definition) is 3. The molecule has 0 unspecified atom stereocenters. The molecule has 6 nitrogen and oxygen atoms in total. The standard InChI is InChI=1S/C19H20N2O4/c1-13(19(24)25)21-16(22)12-20-18(23)17(14-8-4-2-5-9-14)15-10-6-3-7-11-15/h2-11,13,17H,12H2,1H3,(H,20,23)(H,21,22)(H,24,25)/t13-/m0/s1. The van der Waals surface area contributed by atoms with Crippen LogP contribution in [0.3, 0.4) is 0 Å². The molecular weight excluding hydrogens is 320 g/mol. The van der Waals surface area contributed by atoms with Crippen molar-refractivity contribution >= 4 is 17.8 Å². The summed E-state index contributed by atoms with van der Waals surface area (Å²) in [5.41, 5.74) is 1.62. The third kappa shape index (κ3) is 5.17. The predicted molar refractivity (Wildman–Crippen MR) is 93.0 cm³/mol. The van der Waals surface area contributed by atoms with Crippen molar-refractivity contribution in [1.82, 2.24) is 10.6 Å². The third-order valence-electron chi connectivity index (χ3n) is 3.70. The van der Waals surface area contributed by atoms with Crippen LogP contribution in [0, 0.1) is 0 Å². The lowest BCUT2D eigenvalue weighted by Crippen LogP contribution is -2.44. The van der Waals surface area contributed by atoms with Gasteiger partial charge in [-0.3, -0.25) is 14.4 Å². The monoisotopic (exact) mass is 340 g/mol. The highest BCUT2D eigenvalue weighted by Crippen LogP contribution is 2.24. The van der Waals surface area contributed by atoms with Crippen molar-refractivity contribution in [2.24, 2.45) is 0 Å². The summed E-state index contributed by atoms with van der Waals surface area (Å²) >= 11 is 0. The SMILES string of the molecule is C[C@H](NC(=O)CNC(=O)C(c1ccccc1)c1ccccc1)C(=O)O. The first-order valence-corrected chi connectivity index (χ1v) is 7.89. The molecule has 130 valence electrons. The molecule has 2 rings (SSSR count). The Hall–Kier alpha value is -3.15. The van der Waals surface area contributed by atoms with E-state index in [2.05, 4.69) is 10.6 Å². The average Bonchev–Trinajstić information content (AvgIpc) is 2.62. The lowest BCUT2D eigenvalue weighted by molar-refractivity contribution is -0.141. The molecule has 0 aromatic heterocycles. The summed E-state index contributed by atoms with van der Waals surface area (Å²) in [6.07, 6.45) is 0. The summed E-state index contributed by atoms with van der Waals surface area (Å²) in [6, 6.07) is 17.5. The van der Waals surface area contributed by atoms with Crippen LogP contribution in [0.4, 0.5) is 0 Å². The van der Waals surface area contributed by atoms with E-state index >= 15 is 0 Å². The Morgan fingerprint density at radius 3 is 1.84 bits per heavy atom. The minimum absolute atomic E-state index is 0.285. The van der Waals surface area contributed by atoms with E-state index < -0.39 is 23.8 Å². The molecule has 2 amide bonds. The van der Waals surface area contributed by atoms with Crippen molar-refractivity contribution in [1.29, 1.82) is 0 Å². The van der Waals surface area contributed by atoms with E-state index in [0.717, 1.165) is 11.1 Å². The van der Waals surface area contributed by atoms with E-state index in [1.165, 1.54) is 6.92 Å². The van der Waals surface area contributed by atoms with E-state index in [1.807, 2.05) is 60.7 Å². The second kappa shape index (κ2) is 8.63. The van der Waals surface area contributed by atoms with Gasteiger partial charge >= 0.3 is 5.97 Å². The summed E-state index contributed by atoms with van der Waals surface area (Å²) in [4.78, 5) is 35.2. The van der Waals surface area contributed by atoms with Crippen LogP contribution >= 0.6 is 0 Å². The van der Waals surface area contributed by atoms with Gasteiger partial charge in [-0.2, -0.15) is 0 Å². The Bertz CT molecular complexity index is 692. The Morgan fingerprint density at radius 2 is 1.40 bits per heavy atom. The lowest BCUT2D eigenvalue weighted by Gasteiger charge is -2.18. The number of aliphatic carboxylic acids is 1. The molecule has 1 atom stereocenters. The predicted octanol–water partition coefficient (Wildman–Crippen LogP) is 1.52. The number of hydrogen-bond donors (Lipinski definition) is 3. The topological polar surface area (TPSA) is 95.5 Å². The van der Waals surface area contributed by atoms with Crippen LogP contribution < -0.4 is 10.6 Å². The molecule has 2 aromatic carbocycles. The van der Waals surface area contributed by atoms with Gasteiger partial charge in [-0.25, -0.2) is 0 Å². The Kier molecular flexibility index (Phi) is 6.28. The molecule has 2 aromatic rings. The van der Waals surface area contributed by atoms with Gasteiger partial charge in [-0.15, -0.1) is 0 Å². The number of benzene rings is 2. The largest absolute Gasteiger partial charge is 0.480 e. The fourth-order valence-electron chi connectivity index (χ4n) is 2.41. The zero-order valence-electron chi connectivity index (χ0n) is 13.8. The number of rotatable bonds is 7. The van der Waals surface area contributed by atoms with Gasteiger partial charge in [-0.05, 0) is 18.1 Å². The quantitative estimate of drug-likeness (QED) is 0.712. The van der Waals surface area contributed by atoms with Crippen molar-refractivity contribution in [3.63, 3.8) is 0 Å². The molecule has 0 aliphatic heterocycles. The third-order valence-corrected chi connectivity index (χ3v) is 3.70. The lowest BCUT2D eigenvalue weighted by atomic mass is 9.90. The molecule has 6 heteroatoms. The van der Waals surface area contributed by atoms with E-state index in [-0.39, 0.29) is 12.5 Å². The molecule has 0 saturated carbocycles. The first-order chi connectivity index (χ1) is 12.0. The molecule has 0 spiro atoms. The Labute approximate surface area is 145 Å². The van der Waals surface area contributed by atoms with Gasteiger partial charge in [0, 0.05) is 0 Å². The van der Waals surface area contributed by atoms with Crippen molar-refractivity contribution < 1.29 is 19.5 Å². The second-order valence-electron chi connectivity index (χ2n) is 5.60. The van der Waals surface area contributed by atoms with Gasteiger partial charge in [0.15, 0.2) is 0 Å². The van der Waals surface area contributed by atoms with Crippen molar-refractivity contribution in [3.8, 4) is 0 Å². The number of carbonyl (C=O) groups is 3. The highest BCUT2D eigenvalue weighted by atomic mass is 16.4. The molecule has 0 radical (unpaired) electrons. The number of amides is 2. The number of nitrogens with one attached hydrogen (secondary N) is 2. The summed E-state index contributed by atoms with van der Waals surface area (Å²) in [5, 5.41) is 13.7. The van der Waals surface area contributed by atoms with Crippen LogP contribution in [0.1, 0.15) is 24.0 Å². The smallest absolute Gasteiger partial charge is 0.325 e. The van der Waals surface area contributed by atoms with Gasteiger partial charge < -0.3 is 15.7 Å². The van der Waals surface area contributed by atoms with E-state index in [4.69, 9.17) is 5.11 Å². The van der Waals surface area contributed by atoms with Gasteiger partial charge in [0.2, 0.25) is 11.8 Å². The summed E-state index contributed by atoms with van der Waals surface area (Å²) < 4.78 is 0. The molecule has 0 fully saturated rings. The molecule has 0 aliphatic rings. The average molecular weight is 340 g/mol. The van der Waals surface area contributed by atoms with E-state index in [1.54, 1.807) is 0 Å². The minimum Gasteiger partial charge on any atom is -0.480 e. The van der Waals surface area contributed by atoms with Crippen molar-refractivity contribution in [2.45, 2.75) is 18.9 Å². The van der Waals surface area contributed by atoms with Gasteiger partial charge in [0.25, 0.3) is 0 Å². The first-order valence-electron chi connectivity index (χ1n) is 7.89. The summed E-state index contributed by atoms with van der Waals surface area (Å²) in [5.74, 6) is -2.56. The Morgan fingerprint density at radius 1 is 0.920 bits per heavy atom. The minimum atomic E-state index is -1.13. The van der Waals surface area contributed by atoms with Crippen LogP contribution in [-0.2, 0) is 14.4 Å². The number of carbonyl (C=O) groups excluding carboxylic acids is 2. The number of carboxylic acids is 1. The van der Waals surface area contributed by atoms with Gasteiger partial charge in [0.1, 0.15) is 6.04 Å². The van der Waals surface area contributed by atoms with Gasteiger partial charge in [-0.1, -0.05) is 60.7 Å². The second-order valence-corrected chi connectivity index (χ2v) is 5.60. The van der Waals surface area contributed by atoms with Crippen LogP contribution in [0.15, 0.2) is 60.7 Å². The maximum absolute atomic E-state index is 12.7. The zero-order valence-corrected chi connectivity index (χ0v) is 13.8. The van der Waals surface area contributed by atoms with Gasteiger partial charge in [0.05, 0.1) is 12.5 Å². The van der Waals surface area contributed by atoms with Crippen LogP contribution in [0.5, 0.6) is 0 Å². The van der Waals surface area contributed by atoms with Crippen LogP contribution in [0.25, 0.3) is 0 Å². The first kappa shape index (κ1) is 18.2. The molecule has 0 saturated heterocycles. The van der Waals surface area contributed by atoms with Crippen molar-refractivity contribution in [3.05, 3.63) is 71.8 Å². The summed E-state index contributed by atoms with van der Waals surface area (Å²) in [7, 11) is 0. The Balaban J connectivity index is 2.09. The molecule has 25 heavy (non-hydrogen) atoms. The highest BCUT2D eigenvalue weighted by Gasteiger charge is 2.23.